The first-order valence-electron chi connectivity index (χ1n) is 28.5. The second-order valence-corrected chi connectivity index (χ2v) is 23.5. The van der Waals surface area contributed by atoms with Gasteiger partial charge in [-0.25, -0.2) is 0 Å². The molecule has 2 fully saturated rings. The number of nitrogens with zero attached hydrogens (tertiary/aromatic N) is 5. The van der Waals surface area contributed by atoms with Gasteiger partial charge in [0.05, 0.1) is 31.4 Å². The maximum absolute atomic E-state index is 14.7. The van der Waals surface area contributed by atoms with Crippen molar-refractivity contribution in [2.45, 2.75) is 167 Å². The molecule has 11 atom stereocenters. The van der Waals surface area contributed by atoms with E-state index < -0.39 is 109 Å². The van der Waals surface area contributed by atoms with Crippen molar-refractivity contribution in [2.75, 3.05) is 66.4 Å². The zero-order chi connectivity index (χ0) is 59.5. The summed E-state index contributed by atoms with van der Waals surface area (Å²) in [6.07, 6.45) is 4.82. The Hall–Kier alpha value is -5.61. The van der Waals surface area contributed by atoms with Crippen LogP contribution in [0.5, 0.6) is 0 Å². The number of piperidine rings is 1. The highest BCUT2D eigenvalue weighted by molar-refractivity contribution is 7.98. The van der Waals surface area contributed by atoms with E-state index in [4.69, 9.17) is 4.74 Å². The van der Waals surface area contributed by atoms with Crippen LogP contribution >= 0.6 is 11.8 Å². The van der Waals surface area contributed by atoms with Crippen molar-refractivity contribution in [3.8, 4) is 11.1 Å². The number of amides is 8. The van der Waals surface area contributed by atoms with Gasteiger partial charge in [-0.3, -0.25) is 43.3 Å². The number of aliphatic hydroxyl groups excluding tert-OH is 2. The monoisotopic (exact) mass is 1140 g/mol. The molecule has 8 amide bonds. The molecule has 6 N–H and O–H groups in total. The lowest BCUT2D eigenvalue weighted by molar-refractivity contribution is -0.148. The number of hydrogen-bond donors (Lipinski definition) is 6. The van der Waals surface area contributed by atoms with Gasteiger partial charge in [0.2, 0.25) is 47.3 Å². The SMILES string of the molecule is CCC1OC1N(C)[C@@H](CC(C)C)C(=O)N[C@H](C(=O)N(C)CC(=O)N(C)[C@@H](CC(C)C)C(=O)N[C@@H](CO)C(=O)N(C)[C@H](C(=O)N[C@@H](Cc1ccc(-c2ccccc2)cc1)C(=O)N[C@@H](CSC)C(=O)N1CCCCC1)[C@@H](C)CC)[C@@H](C)O. The molecule has 4 rings (SSSR count). The van der Waals surface area contributed by atoms with Gasteiger partial charge in [0, 0.05) is 46.4 Å². The minimum absolute atomic E-state index is 0.0145. The van der Waals surface area contributed by atoms with Gasteiger partial charge in [-0.2, -0.15) is 11.8 Å². The van der Waals surface area contributed by atoms with Gasteiger partial charge in [0.1, 0.15) is 42.5 Å². The highest BCUT2D eigenvalue weighted by Crippen LogP contribution is 2.31. The third kappa shape index (κ3) is 19.0. The fraction of sp³-hybridized carbons (Fsp3) is 0.661. The molecule has 2 aromatic rings. The maximum Gasteiger partial charge on any atom is 0.248 e. The van der Waals surface area contributed by atoms with Crippen molar-refractivity contribution in [1.29, 1.82) is 0 Å². The molecule has 2 aliphatic heterocycles. The molecule has 80 heavy (non-hydrogen) atoms. The normalized spacial score (nSPS) is 18.6. The second-order valence-electron chi connectivity index (χ2n) is 22.6. The number of hydrogen-bond acceptors (Lipinski definition) is 13. The molecule has 446 valence electrons. The second kappa shape index (κ2) is 32.1. The summed E-state index contributed by atoms with van der Waals surface area (Å²) in [6.45, 7) is 14.4. The first kappa shape index (κ1) is 66.9. The van der Waals surface area contributed by atoms with Crippen LogP contribution in [0, 0.1) is 17.8 Å². The molecule has 2 saturated heterocycles. The molecule has 0 saturated carbocycles. The molecule has 20 nitrogen and oxygen atoms in total. The Bertz CT molecular complexity index is 2360. The summed E-state index contributed by atoms with van der Waals surface area (Å²) in [4.78, 5) is 121. The van der Waals surface area contributed by atoms with Crippen LogP contribution in [-0.4, -0.2) is 209 Å². The smallest absolute Gasteiger partial charge is 0.248 e. The van der Waals surface area contributed by atoms with Gasteiger partial charge in [0.25, 0.3) is 0 Å². The number of aliphatic hydroxyl groups is 2. The van der Waals surface area contributed by atoms with E-state index in [1.165, 1.54) is 39.8 Å². The van der Waals surface area contributed by atoms with E-state index in [9.17, 15) is 48.6 Å². The molecule has 0 radical (unpaired) electrons. The molecular weight excluding hydrogens is 1040 g/mol. The van der Waals surface area contributed by atoms with Gasteiger partial charge >= 0.3 is 0 Å². The minimum Gasteiger partial charge on any atom is -0.394 e. The average Bonchev–Trinajstić information content (AvgIpc) is 4.26. The number of benzene rings is 2. The van der Waals surface area contributed by atoms with Crippen LogP contribution in [0.2, 0.25) is 0 Å². The lowest BCUT2D eigenvalue weighted by atomic mass is 9.95. The highest BCUT2D eigenvalue weighted by atomic mass is 32.2. The Morgan fingerprint density at radius 3 is 1.79 bits per heavy atom. The Balaban J connectivity index is 1.53. The van der Waals surface area contributed by atoms with Crippen LogP contribution in [0.4, 0.5) is 0 Å². The first-order valence-corrected chi connectivity index (χ1v) is 29.9. The molecule has 2 heterocycles. The summed E-state index contributed by atoms with van der Waals surface area (Å²) in [5.74, 6) is -5.11. The Kier molecular flexibility index (Phi) is 26.9. The van der Waals surface area contributed by atoms with Crippen molar-refractivity contribution >= 4 is 59.0 Å². The van der Waals surface area contributed by atoms with Crippen LogP contribution in [-0.2, 0) is 49.5 Å². The molecule has 0 bridgehead atoms. The van der Waals surface area contributed by atoms with Crippen LogP contribution in [0.3, 0.4) is 0 Å². The first-order chi connectivity index (χ1) is 37.9. The minimum atomic E-state index is -1.57. The van der Waals surface area contributed by atoms with E-state index in [0.717, 1.165) is 57.1 Å². The number of carbonyl (C=O) groups excluding carboxylic acids is 8. The van der Waals surface area contributed by atoms with Crippen LogP contribution < -0.4 is 21.3 Å². The van der Waals surface area contributed by atoms with Crippen LogP contribution in [0.15, 0.2) is 54.6 Å². The summed E-state index contributed by atoms with van der Waals surface area (Å²) in [6, 6.07) is 9.34. The van der Waals surface area contributed by atoms with Crippen molar-refractivity contribution in [3.63, 3.8) is 0 Å². The third-order valence-electron chi connectivity index (χ3n) is 15.3. The maximum atomic E-state index is 14.7. The van der Waals surface area contributed by atoms with Crippen molar-refractivity contribution in [1.82, 2.24) is 45.8 Å². The number of epoxide rings is 1. The third-order valence-corrected chi connectivity index (χ3v) is 15.9. The van der Waals surface area contributed by atoms with Gasteiger partial charge in [-0.15, -0.1) is 0 Å². The highest BCUT2D eigenvalue weighted by Gasteiger charge is 2.46. The van der Waals surface area contributed by atoms with Gasteiger partial charge in [0.15, 0.2) is 0 Å². The topological polar surface area (TPSA) is 254 Å². The number of thioether (sulfide) groups is 1. The number of nitrogens with one attached hydrogen (secondary N) is 4. The van der Waals surface area contributed by atoms with Gasteiger partial charge < -0.3 is 55.8 Å². The van der Waals surface area contributed by atoms with E-state index in [2.05, 4.69) is 21.3 Å². The number of ether oxygens (including phenoxy) is 1. The Morgan fingerprint density at radius 2 is 1.25 bits per heavy atom. The summed E-state index contributed by atoms with van der Waals surface area (Å²) in [7, 11) is 5.92. The van der Waals surface area contributed by atoms with Crippen molar-refractivity contribution in [2.24, 2.45) is 17.8 Å². The zero-order valence-electron chi connectivity index (χ0n) is 49.6. The van der Waals surface area contributed by atoms with E-state index in [1.54, 1.807) is 18.9 Å². The molecule has 2 aromatic carbocycles. The molecule has 0 spiro atoms. The largest absolute Gasteiger partial charge is 0.394 e. The molecule has 2 unspecified atom stereocenters. The Morgan fingerprint density at radius 1 is 0.688 bits per heavy atom. The van der Waals surface area contributed by atoms with Gasteiger partial charge in [-0.1, -0.05) is 109 Å². The van der Waals surface area contributed by atoms with Crippen molar-refractivity contribution < 1.29 is 53.3 Å². The van der Waals surface area contributed by atoms with Crippen molar-refractivity contribution in [3.05, 3.63) is 60.2 Å². The molecule has 0 aromatic heterocycles. The summed E-state index contributed by atoms with van der Waals surface area (Å²) in [5, 5.41) is 32.7. The van der Waals surface area contributed by atoms with Gasteiger partial charge in [-0.05, 0) is 93.2 Å². The lowest BCUT2D eigenvalue weighted by Crippen LogP contribution is -2.62. The van der Waals surface area contributed by atoms with E-state index in [1.807, 2.05) is 107 Å². The summed E-state index contributed by atoms with van der Waals surface area (Å²) >= 11 is 1.42. The summed E-state index contributed by atoms with van der Waals surface area (Å²) < 4.78 is 5.75. The fourth-order valence-electron chi connectivity index (χ4n) is 10.2. The standard InChI is InChI=1S/C59H93N9O11S/c1-14-38(7)51(55(75)60-43(32-40-24-26-42(27-25-40)41-22-18-16-19-23-41)52(72)62-45(35-80-13)57(77)68-28-20-17-21-29-68)67(12)56(76)44(34-69)61-53(73)46(30-36(3)4)65(10)49(71)33-64(9)58(78)50(39(8)70)63-54(74)47(31-37(5)6)66(11)59-48(15-2)79-59/h16,18-19,22-27,36-39,43-48,50-51,59,69-70H,14-15,17,20-21,28-35H2,1-13H3,(H,60,75)(H,61,73)(H,62,72)(H,63,74)/t38-,39+,43-,44-,45-,46-,47-,48?,50-,51-,59?/m0/s1. The Labute approximate surface area is 479 Å². The zero-order valence-corrected chi connectivity index (χ0v) is 50.4. The number of rotatable bonds is 31. The summed E-state index contributed by atoms with van der Waals surface area (Å²) in [5.41, 5.74) is 2.69. The van der Waals surface area contributed by atoms with E-state index >= 15 is 0 Å². The lowest BCUT2D eigenvalue weighted by Gasteiger charge is -2.36. The number of likely N-dealkylation sites (tertiary alicyclic amines) is 1. The number of likely N-dealkylation sites (N-methyl/N-ethyl adjacent to an activating group) is 4. The van der Waals surface area contributed by atoms with E-state index in [-0.39, 0.29) is 42.9 Å². The molecular formula is C59H93N9O11S. The predicted molar refractivity (Wildman–Crippen MR) is 311 cm³/mol. The van der Waals surface area contributed by atoms with E-state index in [0.29, 0.717) is 31.7 Å². The molecule has 2 aliphatic rings. The predicted octanol–water partition coefficient (Wildman–Crippen LogP) is 3.27. The molecule has 0 aliphatic carbocycles. The quantitative estimate of drug-likeness (QED) is 0.0594. The average molecular weight is 1140 g/mol. The molecule has 21 heteroatoms. The van der Waals surface area contributed by atoms with Crippen LogP contribution in [0.1, 0.15) is 106 Å². The fourth-order valence-corrected chi connectivity index (χ4v) is 10.8. The van der Waals surface area contributed by atoms with Crippen LogP contribution in [0.25, 0.3) is 11.1 Å². The number of carbonyl (C=O) groups is 8.